The van der Waals surface area contributed by atoms with E-state index in [-0.39, 0.29) is 30.0 Å². The number of aryl methyl sites for hydroxylation is 2. The van der Waals surface area contributed by atoms with E-state index < -0.39 is 0 Å². The van der Waals surface area contributed by atoms with E-state index in [1.54, 1.807) is 6.07 Å². The van der Waals surface area contributed by atoms with Gasteiger partial charge in [0.1, 0.15) is 5.82 Å². The van der Waals surface area contributed by atoms with Crippen molar-refractivity contribution in [1.82, 2.24) is 25.5 Å². The van der Waals surface area contributed by atoms with Crippen LogP contribution in [0.15, 0.2) is 41.3 Å². The fourth-order valence-corrected chi connectivity index (χ4v) is 9.91. The molecule has 3 heterocycles. The average molecular weight is 721 g/mol. The van der Waals surface area contributed by atoms with Crippen molar-refractivity contribution < 1.29 is 9.59 Å². The van der Waals surface area contributed by atoms with Gasteiger partial charge in [0.2, 0.25) is 5.91 Å². The van der Waals surface area contributed by atoms with Gasteiger partial charge < -0.3 is 31.2 Å². The Morgan fingerprint density at radius 3 is 2.30 bits per heavy atom. The molecule has 2 amide bonds. The Morgan fingerprint density at radius 1 is 0.962 bits per heavy atom. The number of hydrogen-bond donors (Lipinski definition) is 5. The van der Waals surface area contributed by atoms with Crippen molar-refractivity contribution >= 4 is 29.5 Å². The van der Waals surface area contributed by atoms with Crippen LogP contribution in [0.25, 0.3) is 11.1 Å². The van der Waals surface area contributed by atoms with Crippen molar-refractivity contribution in [2.24, 2.45) is 29.6 Å². The maximum Gasteiger partial charge on any atom is 0.253 e. The summed E-state index contributed by atoms with van der Waals surface area (Å²) in [6.45, 7) is 12.9. The molecule has 282 valence electrons. The van der Waals surface area contributed by atoms with Crippen molar-refractivity contribution in [3.63, 3.8) is 0 Å². The van der Waals surface area contributed by atoms with E-state index in [0.29, 0.717) is 34.8 Å². The van der Waals surface area contributed by atoms with Crippen LogP contribution in [0.1, 0.15) is 85.1 Å². The monoisotopic (exact) mass is 720 g/mol. The zero-order valence-electron chi connectivity index (χ0n) is 31.8. The molecule has 4 bridgehead atoms. The molecule has 5 aliphatic rings. The lowest BCUT2D eigenvalue weighted by atomic mass is 9.51. The Bertz CT molecular complexity index is 1850. The Morgan fingerprint density at radius 2 is 1.68 bits per heavy atom. The number of hydrogen-bond acceptors (Lipinski definition) is 8. The van der Waals surface area contributed by atoms with Gasteiger partial charge >= 0.3 is 0 Å². The van der Waals surface area contributed by atoms with Crippen LogP contribution >= 0.6 is 0 Å². The SMILES string of the molecule is Cc1cc(C)c(CNC(=O)c2cc(-c3ccc(N4CCN(CCNC(=O)CC5C6CC7CC(C6)CC5C7)CC4)nc3)cc(NC(C)C)c2C=N)c(=O)[nH]1. The normalized spacial score (nSPS) is 23.6. The minimum atomic E-state index is -0.360. The summed E-state index contributed by atoms with van der Waals surface area (Å²) in [5, 5.41) is 17.7. The maximum atomic E-state index is 13.6. The molecular formula is C42H56N8O3. The van der Waals surface area contributed by atoms with Crippen molar-refractivity contribution in [2.45, 2.75) is 78.8 Å². The summed E-state index contributed by atoms with van der Waals surface area (Å²) in [6, 6.07) is 9.79. The van der Waals surface area contributed by atoms with Crippen molar-refractivity contribution in [1.29, 1.82) is 5.41 Å². The smallest absolute Gasteiger partial charge is 0.253 e. The molecule has 0 atom stereocenters. The Labute approximate surface area is 313 Å². The number of aromatic amines is 1. The molecule has 11 heteroatoms. The topological polar surface area (TPSA) is 146 Å². The highest BCUT2D eigenvalue weighted by molar-refractivity contribution is 6.06. The minimum absolute atomic E-state index is 0.0782. The summed E-state index contributed by atoms with van der Waals surface area (Å²) in [5.41, 5.74) is 5.07. The zero-order chi connectivity index (χ0) is 37.2. The minimum Gasteiger partial charge on any atom is -0.382 e. The molecule has 0 unspecified atom stereocenters. The zero-order valence-corrected chi connectivity index (χ0v) is 31.8. The highest BCUT2D eigenvalue weighted by Gasteiger charge is 2.48. The summed E-state index contributed by atoms with van der Waals surface area (Å²) >= 11 is 0. The standard InChI is InChI=1S/C42H56N8O3/c1-25(2)47-38-20-31(19-35(36(38)22-43)41(52)46-24-37-26(3)13-27(4)48-42(37)53)30-5-6-39(45-23-30)50-11-9-49(10-12-50)8-7-44-40(51)21-34-32-15-28-14-29(17-32)18-33(34)16-28/h5-6,13,19-20,22-23,25,28-29,32-34,43,47H,7-12,14-18,21,24H2,1-4H3,(H,44,51)(H,46,52)(H,48,53). The molecule has 8 rings (SSSR count). The molecular weight excluding hydrogens is 665 g/mol. The highest BCUT2D eigenvalue weighted by Crippen LogP contribution is 2.57. The van der Waals surface area contributed by atoms with E-state index in [1.165, 1.54) is 38.3 Å². The van der Waals surface area contributed by atoms with E-state index in [2.05, 4.69) is 30.7 Å². The first-order valence-corrected chi connectivity index (χ1v) is 19.7. The summed E-state index contributed by atoms with van der Waals surface area (Å²) in [7, 11) is 0. The summed E-state index contributed by atoms with van der Waals surface area (Å²) in [5.74, 6) is 4.86. The van der Waals surface area contributed by atoms with Crippen LogP contribution in [0.2, 0.25) is 0 Å². The predicted octanol–water partition coefficient (Wildman–Crippen LogP) is 5.50. The molecule has 1 saturated heterocycles. The van der Waals surface area contributed by atoms with Crippen molar-refractivity contribution in [2.75, 3.05) is 49.5 Å². The molecule has 0 radical (unpaired) electrons. The highest BCUT2D eigenvalue weighted by atomic mass is 16.2. The van der Waals surface area contributed by atoms with Gasteiger partial charge in [0.25, 0.3) is 11.5 Å². The van der Waals surface area contributed by atoms with Gasteiger partial charge in [-0.1, -0.05) is 0 Å². The first kappa shape index (κ1) is 36.8. The number of anilines is 2. The number of nitrogens with zero attached hydrogens (tertiary/aromatic N) is 3. The van der Waals surface area contributed by atoms with Crippen LogP contribution in [-0.4, -0.2) is 78.2 Å². The number of H-pyrrole nitrogens is 1. The average Bonchev–Trinajstić information content (AvgIpc) is 3.12. The Kier molecular flexibility index (Phi) is 11.0. The molecule has 11 nitrogen and oxygen atoms in total. The molecule has 5 fully saturated rings. The fourth-order valence-electron chi connectivity index (χ4n) is 9.91. The quantitative estimate of drug-likeness (QED) is 0.147. The van der Waals surface area contributed by atoms with E-state index >= 15 is 0 Å². The number of piperazine rings is 1. The number of carbonyl (C=O) groups excluding carboxylic acids is 2. The van der Waals surface area contributed by atoms with Gasteiger partial charge in [-0.3, -0.25) is 19.3 Å². The van der Waals surface area contributed by atoms with Crippen molar-refractivity contribution in [3.8, 4) is 11.1 Å². The lowest BCUT2D eigenvalue weighted by Crippen LogP contribution is -2.49. The molecule has 53 heavy (non-hydrogen) atoms. The van der Waals surface area contributed by atoms with Gasteiger partial charge in [-0.2, -0.15) is 0 Å². The molecule has 3 aromatic rings. The van der Waals surface area contributed by atoms with Crippen LogP contribution in [0.3, 0.4) is 0 Å². The number of pyridine rings is 2. The first-order chi connectivity index (χ1) is 25.5. The van der Waals surface area contributed by atoms with E-state index in [0.717, 1.165) is 91.0 Å². The number of carbonyl (C=O) groups is 2. The van der Waals surface area contributed by atoms with Crippen LogP contribution in [0.4, 0.5) is 11.5 Å². The molecule has 0 spiro atoms. The van der Waals surface area contributed by atoms with Crippen molar-refractivity contribution in [3.05, 3.63) is 74.8 Å². The largest absolute Gasteiger partial charge is 0.382 e. The van der Waals surface area contributed by atoms with E-state index in [1.807, 2.05) is 58.2 Å². The number of rotatable bonds is 13. The molecule has 2 aromatic heterocycles. The lowest BCUT2D eigenvalue weighted by molar-refractivity contribution is -0.126. The number of amides is 2. The number of aromatic nitrogens is 2. The molecule has 5 N–H and O–H groups in total. The number of nitrogens with one attached hydrogen (secondary N) is 5. The van der Waals surface area contributed by atoms with Gasteiger partial charge in [0.05, 0.1) is 5.56 Å². The second-order valence-corrected chi connectivity index (χ2v) is 16.4. The van der Waals surface area contributed by atoms with Crippen LogP contribution in [0.5, 0.6) is 0 Å². The van der Waals surface area contributed by atoms with Gasteiger partial charge in [0, 0.05) is 98.8 Å². The van der Waals surface area contributed by atoms with Crippen LogP contribution < -0.4 is 26.4 Å². The third kappa shape index (κ3) is 8.35. The van der Waals surface area contributed by atoms with Gasteiger partial charge in [0.15, 0.2) is 0 Å². The Balaban J connectivity index is 0.942. The second kappa shape index (κ2) is 15.8. The number of benzene rings is 1. The summed E-state index contributed by atoms with van der Waals surface area (Å²) in [4.78, 5) is 51.5. The third-order valence-electron chi connectivity index (χ3n) is 12.3. The van der Waals surface area contributed by atoms with Gasteiger partial charge in [-0.15, -0.1) is 0 Å². The van der Waals surface area contributed by atoms with E-state index in [9.17, 15) is 14.4 Å². The first-order valence-electron chi connectivity index (χ1n) is 19.7. The Hall–Kier alpha value is -4.51. The molecule has 4 saturated carbocycles. The second-order valence-electron chi connectivity index (χ2n) is 16.4. The van der Waals surface area contributed by atoms with Crippen LogP contribution in [0, 0.1) is 48.8 Å². The molecule has 1 aromatic carbocycles. The summed E-state index contributed by atoms with van der Waals surface area (Å²) in [6.07, 6.45) is 10.7. The van der Waals surface area contributed by atoms with Gasteiger partial charge in [-0.05, 0) is 131 Å². The predicted molar refractivity (Wildman–Crippen MR) is 211 cm³/mol. The fraction of sp³-hybridized carbons (Fsp3) is 0.548. The van der Waals surface area contributed by atoms with E-state index in [4.69, 9.17) is 10.4 Å². The lowest BCUT2D eigenvalue weighted by Gasteiger charge is -2.54. The third-order valence-corrected chi connectivity index (χ3v) is 12.3. The molecule has 1 aliphatic heterocycles. The maximum absolute atomic E-state index is 13.6. The van der Waals surface area contributed by atoms with Crippen LogP contribution in [-0.2, 0) is 11.3 Å². The van der Waals surface area contributed by atoms with Gasteiger partial charge in [-0.25, -0.2) is 4.98 Å². The molecule has 4 aliphatic carbocycles. The summed E-state index contributed by atoms with van der Waals surface area (Å²) < 4.78 is 0.